The average molecular weight is 478 g/mol. The summed E-state index contributed by atoms with van der Waals surface area (Å²) in [6.45, 7) is 3.16. The molecule has 0 bridgehead atoms. The highest BCUT2D eigenvalue weighted by Crippen LogP contribution is 2.43. The van der Waals surface area contributed by atoms with Gasteiger partial charge in [-0.15, -0.1) is 0 Å². The monoisotopic (exact) mass is 477 g/mol. The van der Waals surface area contributed by atoms with Crippen LogP contribution in [-0.2, 0) is 9.53 Å². The predicted octanol–water partition coefficient (Wildman–Crippen LogP) is 3.59. The molecule has 1 saturated heterocycles. The average Bonchev–Trinajstić information content (AvgIpc) is 2.85. The van der Waals surface area contributed by atoms with Gasteiger partial charge in [-0.25, -0.2) is 14.4 Å². The van der Waals surface area contributed by atoms with Crippen LogP contribution in [0.4, 0.5) is 39.2 Å². The lowest BCUT2D eigenvalue weighted by molar-refractivity contribution is -0.140. The van der Waals surface area contributed by atoms with Gasteiger partial charge in [-0.05, 0) is 55.7 Å². The summed E-state index contributed by atoms with van der Waals surface area (Å²) in [5.41, 5.74) is 1.11. The first-order valence-electron chi connectivity index (χ1n) is 11.6. The van der Waals surface area contributed by atoms with Gasteiger partial charge in [-0.2, -0.15) is 4.98 Å². The highest BCUT2D eigenvalue weighted by atomic mass is 19.1. The number of carbonyl (C=O) groups excluding carboxylic acids is 1. The van der Waals surface area contributed by atoms with Gasteiger partial charge in [0.05, 0.1) is 19.4 Å². The second-order valence-corrected chi connectivity index (χ2v) is 8.73. The zero-order valence-corrected chi connectivity index (χ0v) is 18.9. The van der Waals surface area contributed by atoms with Gasteiger partial charge >= 0.3 is 0 Å². The Morgan fingerprint density at radius 1 is 1.03 bits per heavy atom. The van der Waals surface area contributed by atoms with E-state index in [2.05, 4.69) is 35.8 Å². The van der Waals surface area contributed by atoms with Crippen molar-refractivity contribution in [3.63, 3.8) is 0 Å². The molecule has 2 aromatic heterocycles. The van der Waals surface area contributed by atoms with Crippen LogP contribution in [-0.4, -0.2) is 52.8 Å². The summed E-state index contributed by atoms with van der Waals surface area (Å²) in [6, 6.07) is 11.2. The molecule has 1 amide bonds. The van der Waals surface area contributed by atoms with Crippen molar-refractivity contribution >= 4 is 40.7 Å². The minimum Gasteiger partial charge on any atom is -0.474 e. The molecule has 2 aliphatic heterocycles. The van der Waals surface area contributed by atoms with Crippen molar-refractivity contribution in [3.05, 3.63) is 48.4 Å². The molecule has 0 unspecified atom stereocenters. The maximum absolute atomic E-state index is 14.5. The van der Waals surface area contributed by atoms with E-state index in [-0.39, 0.29) is 17.7 Å². The van der Waals surface area contributed by atoms with Crippen molar-refractivity contribution in [2.24, 2.45) is 0 Å². The number of hydrogen-bond acceptors (Lipinski definition) is 9. The first kappa shape index (κ1) is 21.5. The van der Waals surface area contributed by atoms with Crippen LogP contribution in [0.5, 0.6) is 5.75 Å². The third-order valence-electron chi connectivity index (χ3n) is 6.46. The van der Waals surface area contributed by atoms with E-state index in [0.29, 0.717) is 30.2 Å². The van der Waals surface area contributed by atoms with Crippen molar-refractivity contribution in [2.75, 3.05) is 47.2 Å². The van der Waals surface area contributed by atoms with Crippen LogP contribution in [0, 0.1) is 5.82 Å². The summed E-state index contributed by atoms with van der Waals surface area (Å²) in [6.07, 6.45) is 3.42. The third-order valence-corrected chi connectivity index (χ3v) is 6.46. The lowest BCUT2D eigenvalue weighted by Gasteiger charge is -2.42. The van der Waals surface area contributed by atoms with E-state index in [1.54, 1.807) is 12.1 Å². The molecule has 1 aliphatic carbocycles. The molecule has 2 fully saturated rings. The largest absolute Gasteiger partial charge is 0.474 e. The standard InChI is InChI=1S/C24H24FN7O3/c25-17-14-26-23(27-15-2-4-16(5-3-15)32-10-12-34-13-11-32)31-20(17)28-19-7-6-18-21(29-19)30-22(33)24(35-18)8-1-9-24/h2-7,14H,1,8-13H2,(H3,26,27,28,29,30,31,33). The number of morpholine rings is 1. The Balaban J connectivity index is 1.16. The van der Waals surface area contributed by atoms with Gasteiger partial charge in [0, 0.05) is 24.5 Å². The zero-order chi connectivity index (χ0) is 23.8. The first-order chi connectivity index (χ1) is 17.1. The van der Waals surface area contributed by atoms with Crippen molar-refractivity contribution < 1.29 is 18.7 Å². The summed E-state index contributed by atoms with van der Waals surface area (Å²) in [5, 5.41) is 8.76. The Kier molecular flexibility index (Phi) is 5.33. The molecule has 4 heterocycles. The van der Waals surface area contributed by atoms with E-state index in [0.717, 1.165) is 50.3 Å². The normalized spacial score (nSPS) is 18.2. The predicted molar refractivity (Wildman–Crippen MR) is 128 cm³/mol. The van der Waals surface area contributed by atoms with Crippen LogP contribution in [0.2, 0.25) is 0 Å². The second-order valence-electron chi connectivity index (χ2n) is 8.73. The summed E-state index contributed by atoms with van der Waals surface area (Å²) < 4.78 is 25.8. The third kappa shape index (κ3) is 4.18. The van der Waals surface area contributed by atoms with E-state index in [1.165, 1.54) is 0 Å². The minimum atomic E-state index is -0.774. The highest BCUT2D eigenvalue weighted by Gasteiger charge is 2.50. The molecule has 0 radical (unpaired) electrons. The van der Waals surface area contributed by atoms with E-state index in [1.807, 2.05) is 24.3 Å². The maximum Gasteiger partial charge on any atom is 0.269 e. The Morgan fingerprint density at radius 2 is 1.83 bits per heavy atom. The molecule has 1 saturated carbocycles. The van der Waals surface area contributed by atoms with Crippen LogP contribution in [0.15, 0.2) is 42.6 Å². The fraction of sp³-hybridized carbons (Fsp3) is 0.333. The molecule has 3 N–H and O–H groups in total. The number of aromatic nitrogens is 3. The number of ether oxygens (including phenoxy) is 2. The number of carbonyl (C=O) groups is 1. The summed E-state index contributed by atoms with van der Waals surface area (Å²) in [5.74, 6) is 0.474. The second kappa shape index (κ2) is 8.66. The van der Waals surface area contributed by atoms with Gasteiger partial charge in [0.2, 0.25) is 5.95 Å². The Morgan fingerprint density at radius 3 is 2.57 bits per heavy atom. The number of halogens is 1. The van der Waals surface area contributed by atoms with Gasteiger partial charge in [-0.1, -0.05) is 0 Å². The van der Waals surface area contributed by atoms with Crippen LogP contribution >= 0.6 is 0 Å². The molecule has 1 spiro atoms. The fourth-order valence-corrected chi connectivity index (χ4v) is 4.34. The molecule has 3 aliphatic rings. The van der Waals surface area contributed by atoms with Gasteiger partial charge in [0.1, 0.15) is 5.82 Å². The molecular formula is C24H24FN7O3. The minimum absolute atomic E-state index is 0.0431. The summed E-state index contributed by atoms with van der Waals surface area (Å²) >= 11 is 0. The SMILES string of the molecule is O=C1Nc2nc(Nc3nc(Nc4ccc(N5CCOCC5)cc4)ncc3F)ccc2OC12CCC2. The number of pyridine rings is 1. The molecule has 6 rings (SSSR count). The molecular weight excluding hydrogens is 453 g/mol. The molecule has 11 heteroatoms. The van der Waals surface area contributed by atoms with E-state index in [4.69, 9.17) is 9.47 Å². The van der Waals surface area contributed by atoms with Crippen molar-refractivity contribution in [3.8, 4) is 5.75 Å². The Hall–Kier alpha value is -3.99. The number of nitrogens with zero attached hydrogens (tertiary/aromatic N) is 4. The van der Waals surface area contributed by atoms with Crippen LogP contribution in [0.3, 0.4) is 0 Å². The van der Waals surface area contributed by atoms with Crippen LogP contribution in [0.25, 0.3) is 0 Å². The Labute approximate surface area is 200 Å². The molecule has 10 nitrogen and oxygen atoms in total. The quantitative estimate of drug-likeness (QED) is 0.507. The smallest absolute Gasteiger partial charge is 0.269 e. The van der Waals surface area contributed by atoms with E-state index >= 15 is 0 Å². The number of benzene rings is 1. The van der Waals surface area contributed by atoms with Gasteiger partial charge < -0.3 is 30.3 Å². The van der Waals surface area contributed by atoms with E-state index in [9.17, 15) is 9.18 Å². The Bertz CT molecular complexity index is 1260. The lowest BCUT2D eigenvalue weighted by atomic mass is 9.78. The molecule has 35 heavy (non-hydrogen) atoms. The first-order valence-corrected chi connectivity index (χ1v) is 11.6. The van der Waals surface area contributed by atoms with Crippen molar-refractivity contribution in [1.82, 2.24) is 15.0 Å². The van der Waals surface area contributed by atoms with Crippen molar-refractivity contribution in [2.45, 2.75) is 24.9 Å². The number of anilines is 6. The van der Waals surface area contributed by atoms with Crippen LogP contribution < -0.4 is 25.6 Å². The molecule has 0 atom stereocenters. The van der Waals surface area contributed by atoms with Gasteiger partial charge in [-0.3, -0.25) is 4.79 Å². The lowest BCUT2D eigenvalue weighted by Crippen LogP contribution is -2.55. The number of fused-ring (bicyclic) bond motifs is 1. The number of amides is 1. The molecule has 3 aromatic rings. The summed E-state index contributed by atoms with van der Waals surface area (Å²) in [7, 11) is 0. The number of nitrogens with one attached hydrogen (secondary N) is 3. The highest BCUT2D eigenvalue weighted by molar-refractivity contribution is 6.00. The topological polar surface area (TPSA) is 114 Å². The van der Waals surface area contributed by atoms with Crippen LogP contribution in [0.1, 0.15) is 19.3 Å². The van der Waals surface area contributed by atoms with E-state index < -0.39 is 11.4 Å². The van der Waals surface area contributed by atoms with Gasteiger partial charge in [0.15, 0.2) is 28.8 Å². The maximum atomic E-state index is 14.5. The molecule has 180 valence electrons. The number of hydrogen-bond donors (Lipinski definition) is 3. The number of rotatable bonds is 5. The molecule has 1 aromatic carbocycles. The zero-order valence-electron chi connectivity index (χ0n) is 18.9. The van der Waals surface area contributed by atoms with Gasteiger partial charge in [0.25, 0.3) is 5.91 Å². The fourth-order valence-electron chi connectivity index (χ4n) is 4.34. The summed E-state index contributed by atoms with van der Waals surface area (Å²) in [4.78, 5) is 27.3. The van der Waals surface area contributed by atoms with Crippen molar-refractivity contribution in [1.29, 1.82) is 0 Å².